The number of aryl methyl sites for hydroxylation is 2. The third-order valence-corrected chi connectivity index (χ3v) is 3.00. The first-order valence-electron chi connectivity index (χ1n) is 4.97. The van der Waals surface area contributed by atoms with Gasteiger partial charge in [-0.3, -0.25) is 10.1 Å². The van der Waals surface area contributed by atoms with Gasteiger partial charge in [0, 0.05) is 17.8 Å². The standard InChI is InChI=1S/C10H15N3O2S/c1-6(14)4-5-11-9(15)13-10-12-7(2)8(3)16-10/h4-5H2,1-3H3,(H2,11,12,13,15). The predicted molar refractivity (Wildman–Crippen MR) is 63.9 cm³/mol. The maximum absolute atomic E-state index is 11.3. The molecule has 0 saturated heterocycles. The van der Waals surface area contributed by atoms with Crippen LogP contribution in [0.4, 0.5) is 9.93 Å². The molecule has 88 valence electrons. The molecule has 0 atom stereocenters. The summed E-state index contributed by atoms with van der Waals surface area (Å²) in [4.78, 5) is 27.3. The number of urea groups is 1. The number of ketones is 1. The van der Waals surface area contributed by atoms with Crippen LogP contribution >= 0.6 is 11.3 Å². The lowest BCUT2D eigenvalue weighted by Crippen LogP contribution is -2.30. The summed E-state index contributed by atoms with van der Waals surface area (Å²) in [6.07, 6.45) is 0.351. The molecule has 0 aromatic carbocycles. The fraction of sp³-hybridized carbons (Fsp3) is 0.500. The van der Waals surface area contributed by atoms with E-state index in [-0.39, 0.29) is 11.8 Å². The summed E-state index contributed by atoms with van der Waals surface area (Å²) in [7, 11) is 0. The van der Waals surface area contributed by atoms with Crippen LogP contribution in [0.1, 0.15) is 23.9 Å². The molecule has 0 spiro atoms. The first kappa shape index (κ1) is 12.6. The highest BCUT2D eigenvalue weighted by Crippen LogP contribution is 2.20. The Labute approximate surface area is 98.3 Å². The first-order chi connectivity index (χ1) is 7.49. The molecule has 0 radical (unpaired) electrons. The highest BCUT2D eigenvalue weighted by atomic mass is 32.1. The van der Waals surface area contributed by atoms with Crippen LogP contribution < -0.4 is 10.6 Å². The van der Waals surface area contributed by atoms with E-state index in [4.69, 9.17) is 0 Å². The number of thiazole rings is 1. The Hall–Kier alpha value is -1.43. The van der Waals surface area contributed by atoms with Gasteiger partial charge in [0.1, 0.15) is 5.78 Å². The van der Waals surface area contributed by atoms with E-state index in [9.17, 15) is 9.59 Å². The average molecular weight is 241 g/mol. The van der Waals surface area contributed by atoms with Crippen molar-refractivity contribution in [1.82, 2.24) is 10.3 Å². The molecule has 2 N–H and O–H groups in total. The van der Waals surface area contributed by atoms with Gasteiger partial charge in [0.05, 0.1) is 5.69 Å². The molecule has 0 bridgehead atoms. The molecule has 1 aromatic rings. The van der Waals surface area contributed by atoms with Crippen molar-refractivity contribution < 1.29 is 9.59 Å². The summed E-state index contributed by atoms with van der Waals surface area (Å²) in [5.74, 6) is 0.0567. The number of nitrogens with zero attached hydrogens (tertiary/aromatic N) is 1. The van der Waals surface area contributed by atoms with Crippen LogP contribution in [0.5, 0.6) is 0 Å². The molecule has 0 unspecified atom stereocenters. The second-order valence-corrected chi connectivity index (χ2v) is 4.70. The minimum Gasteiger partial charge on any atom is -0.337 e. The van der Waals surface area contributed by atoms with Crippen LogP contribution in [-0.2, 0) is 4.79 Å². The Bertz CT molecular complexity index is 381. The minimum absolute atomic E-state index is 0.0567. The highest BCUT2D eigenvalue weighted by molar-refractivity contribution is 7.15. The van der Waals surface area contributed by atoms with Crippen LogP contribution in [0.3, 0.4) is 0 Å². The van der Waals surface area contributed by atoms with Crippen molar-refractivity contribution in [2.24, 2.45) is 0 Å². The van der Waals surface area contributed by atoms with E-state index in [1.807, 2.05) is 13.8 Å². The number of rotatable bonds is 4. The molecule has 0 fully saturated rings. The third-order valence-electron chi connectivity index (χ3n) is 2.01. The molecular weight excluding hydrogens is 226 g/mol. The van der Waals surface area contributed by atoms with Gasteiger partial charge in [-0.15, -0.1) is 11.3 Å². The van der Waals surface area contributed by atoms with E-state index in [2.05, 4.69) is 15.6 Å². The predicted octanol–water partition coefficient (Wildman–Crippen LogP) is 1.86. The van der Waals surface area contributed by atoms with Crippen molar-refractivity contribution in [1.29, 1.82) is 0 Å². The lowest BCUT2D eigenvalue weighted by atomic mass is 10.3. The number of carbonyl (C=O) groups is 2. The Morgan fingerprint density at radius 2 is 2.06 bits per heavy atom. The number of amides is 2. The number of carbonyl (C=O) groups excluding carboxylic acids is 2. The zero-order valence-corrected chi connectivity index (χ0v) is 10.4. The van der Waals surface area contributed by atoms with E-state index in [0.29, 0.717) is 18.1 Å². The van der Waals surface area contributed by atoms with E-state index >= 15 is 0 Å². The van der Waals surface area contributed by atoms with Crippen molar-refractivity contribution in [2.75, 3.05) is 11.9 Å². The quantitative estimate of drug-likeness (QED) is 0.845. The summed E-state index contributed by atoms with van der Waals surface area (Å²) in [6, 6.07) is -0.324. The van der Waals surface area contributed by atoms with Crippen molar-refractivity contribution in [2.45, 2.75) is 27.2 Å². The molecule has 5 nitrogen and oxygen atoms in total. The van der Waals surface area contributed by atoms with Crippen LogP contribution in [0.2, 0.25) is 0 Å². The largest absolute Gasteiger partial charge is 0.337 e. The number of aromatic nitrogens is 1. The van der Waals surface area contributed by atoms with Gasteiger partial charge in [-0.1, -0.05) is 0 Å². The lowest BCUT2D eigenvalue weighted by molar-refractivity contribution is -0.116. The summed E-state index contributed by atoms with van der Waals surface area (Å²) < 4.78 is 0. The van der Waals surface area contributed by atoms with Gasteiger partial charge in [0.15, 0.2) is 5.13 Å². The molecule has 0 saturated carbocycles. The number of hydrogen-bond donors (Lipinski definition) is 2. The van der Waals surface area contributed by atoms with Crippen molar-refractivity contribution in [3.63, 3.8) is 0 Å². The zero-order chi connectivity index (χ0) is 12.1. The van der Waals surface area contributed by atoms with Crippen molar-refractivity contribution in [3.8, 4) is 0 Å². The fourth-order valence-electron chi connectivity index (χ4n) is 1.02. The summed E-state index contributed by atoms with van der Waals surface area (Å²) in [6.45, 7) is 5.69. The summed E-state index contributed by atoms with van der Waals surface area (Å²) in [5.41, 5.74) is 0.920. The van der Waals surface area contributed by atoms with Gasteiger partial charge >= 0.3 is 6.03 Å². The molecule has 0 aliphatic heterocycles. The van der Waals surface area contributed by atoms with Gasteiger partial charge in [-0.05, 0) is 20.8 Å². The van der Waals surface area contributed by atoms with E-state index in [0.717, 1.165) is 10.6 Å². The zero-order valence-electron chi connectivity index (χ0n) is 9.59. The number of anilines is 1. The Morgan fingerprint density at radius 1 is 1.38 bits per heavy atom. The number of Topliss-reactive ketones (excluding diaryl/α,β-unsaturated/α-hetero) is 1. The molecule has 1 rings (SSSR count). The second kappa shape index (κ2) is 5.60. The molecule has 0 aliphatic rings. The molecule has 2 amide bonds. The number of hydrogen-bond acceptors (Lipinski definition) is 4. The van der Waals surface area contributed by atoms with Gasteiger partial charge in [0.2, 0.25) is 0 Å². The molecule has 1 heterocycles. The third kappa shape index (κ3) is 3.98. The Morgan fingerprint density at radius 3 is 2.56 bits per heavy atom. The maximum Gasteiger partial charge on any atom is 0.321 e. The smallest absolute Gasteiger partial charge is 0.321 e. The van der Waals surface area contributed by atoms with Crippen molar-refractivity contribution in [3.05, 3.63) is 10.6 Å². The summed E-state index contributed by atoms with van der Waals surface area (Å²) >= 11 is 1.43. The highest BCUT2D eigenvalue weighted by Gasteiger charge is 2.07. The van der Waals surface area contributed by atoms with Crippen LogP contribution in [0.25, 0.3) is 0 Å². The van der Waals surface area contributed by atoms with Crippen LogP contribution in [0.15, 0.2) is 0 Å². The van der Waals surface area contributed by atoms with E-state index < -0.39 is 0 Å². The lowest BCUT2D eigenvalue weighted by Gasteiger charge is -2.03. The van der Waals surface area contributed by atoms with Gasteiger partial charge in [-0.25, -0.2) is 9.78 Å². The van der Waals surface area contributed by atoms with E-state index in [1.165, 1.54) is 18.3 Å². The molecule has 16 heavy (non-hydrogen) atoms. The van der Waals surface area contributed by atoms with E-state index in [1.54, 1.807) is 0 Å². The van der Waals surface area contributed by atoms with Gasteiger partial charge in [-0.2, -0.15) is 0 Å². The maximum atomic E-state index is 11.3. The SMILES string of the molecule is CC(=O)CCNC(=O)Nc1nc(C)c(C)s1. The average Bonchev–Trinajstić information content (AvgIpc) is 2.44. The van der Waals surface area contributed by atoms with Crippen LogP contribution in [-0.4, -0.2) is 23.3 Å². The van der Waals surface area contributed by atoms with Gasteiger partial charge in [0.25, 0.3) is 0 Å². The van der Waals surface area contributed by atoms with Crippen molar-refractivity contribution >= 4 is 28.3 Å². The summed E-state index contributed by atoms with van der Waals surface area (Å²) in [5, 5.41) is 5.79. The first-order valence-corrected chi connectivity index (χ1v) is 5.79. The normalized spacial score (nSPS) is 9.94. The Balaban J connectivity index is 2.37. The monoisotopic (exact) mass is 241 g/mol. The van der Waals surface area contributed by atoms with Crippen LogP contribution in [0, 0.1) is 13.8 Å². The molecule has 6 heteroatoms. The number of nitrogens with one attached hydrogen (secondary N) is 2. The Kier molecular flexibility index (Phi) is 4.42. The van der Waals surface area contributed by atoms with Gasteiger partial charge < -0.3 is 5.32 Å². The molecule has 1 aromatic heterocycles. The second-order valence-electron chi connectivity index (χ2n) is 3.49. The fourth-order valence-corrected chi connectivity index (χ4v) is 1.83. The molecule has 0 aliphatic carbocycles. The topological polar surface area (TPSA) is 71.1 Å². The minimum atomic E-state index is -0.324. The molecular formula is C10H15N3O2S.